The minimum Gasteiger partial charge on any atom is -0.480 e. The number of esters is 2. The van der Waals surface area contributed by atoms with Crippen LogP contribution in [0, 0.1) is 0 Å². The number of hydrogen-bond acceptors (Lipinski definition) is 22. The molecule has 0 rings (SSSR count). The van der Waals surface area contributed by atoms with Crippen LogP contribution in [0.3, 0.4) is 0 Å². The van der Waals surface area contributed by atoms with Crippen LogP contribution >= 0.6 is 0 Å². The first-order chi connectivity index (χ1) is 41.3. The second kappa shape index (κ2) is 58.4. The van der Waals surface area contributed by atoms with Crippen LogP contribution < -0.4 is 42.5 Å². The Morgan fingerprint density at radius 1 is 0.330 bits per heavy atom. The lowest BCUT2D eigenvalue weighted by atomic mass is 10.1. The van der Waals surface area contributed by atoms with Crippen molar-refractivity contribution in [3.8, 4) is 0 Å². The number of ether oxygens (including phenoxy) is 10. The highest BCUT2D eigenvalue weighted by atomic mass is 16.6. The summed E-state index contributed by atoms with van der Waals surface area (Å²) >= 11 is 0. The Labute approximate surface area is 514 Å². The molecule has 504 valence electrons. The Morgan fingerprint density at radius 2 is 0.545 bits per heavy atom. The maximum Gasteiger partial charge on any atom is 0.408 e. The zero-order valence-electron chi connectivity index (χ0n) is 49.1. The average molecular weight is 1270 g/mol. The summed E-state index contributed by atoms with van der Waals surface area (Å²) < 4.78 is 48.5. The maximum atomic E-state index is 11.8. The van der Waals surface area contributed by atoms with Crippen molar-refractivity contribution >= 4 is 72.6 Å². The van der Waals surface area contributed by atoms with Crippen LogP contribution in [0.2, 0.25) is 0 Å². The number of rotatable bonds is 46. The summed E-state index contributed by atoms with van der Waals surface area (Å²) in [6.45, 7) is 15.2. The number of methoxy groups -OCH3 is 2. The second-order valence-electron chi connectivity index (χ2n) is 17.7. The topological polar surface area (TPSA) is 434 Å². The molecule has 10 N–H and O–H groups in total. The number of hydrogen-bond donors (Lipinski definition) is 10. The van der Waals surface area contributed by atoms with E-state index in [2.05, 4.69) is 78.3 Å². The molecule has 4 unspecified atom stereocenters. The van der Waals surface area contributed by atoms with Crippen LogP contribution in [0.5, 0.6) is 0 Å². The third kappa shape index (κ3) is 51.4. The zero-order valence-corrected chi connectivity index (χ0v) is 49.1. The van der Waals surface area contributed by atoms with E-state index in [0.717, 1.165) is 0 Å². The van der Waals surface area contributed by atoms with Gasteiger partial charge in [0.05, 0.1) is 40.6 Å². The van der Waals surface area contributed by atoms with Crippen molar-refractivity contribution in [1.82, 2.24) is 42.5 Å². The molecular weight excluding hydrogens is 1170 g/mol. The van der Waals surface area contributed by atoms with E-state index in [1.807, 2.05) is 0 Å². The van der Waals surface area contributed by atoms with Crippen LogP contribution in [0.4, 0.5) is 38.4 Å². The minimum absolute atomic E-state index is 0. The molecule has 0 aromatic carbocycles. The average Bonchev–Trinajstić information content (AvgIpc) is 3.51. The monoisotopic (exact) mass is 1260 g/mol. The minimum atomic E-state index is -1.19. The number of carbonyl (C=O) groups excluding carboxylic acids is 10. The lowest BCUT2D eigenvalue weighted by Crippen LogP contribution is -2.41. The van der Waals surface area contributed by atoms with E-state index in [-0.39, 0.29) is 93.6 Å². The fourth-order valence-electron chi connectivity index (χ4n) is 6.50. The van der Waals surface area contributed by atoms with Crippen LogP contribution in [-0.4, -0.2) is 200 Å². The standard InChI is InChI=1S/C28H46N4O12.C26H42N4O12.2CH4/c1-5-17-41-27(37)31-21(23(33)39-3)13-7-9-15-29-25(35)43-19-11-12-20-44-26(36)30-16-10-8-14-22(24(34)40-4)32-28(38)42-18-6-2;1-3-15-39-25(37)29-19(21(31)32)11-5-7-13-27-23(35)41-17-9-10-18-42-24(36)28-14-8-6-12-20(22(33)34)30-26(38)40-16-4-2;;/h5-6,21-22H,1-2,7-20H2,3-4H3,(H,29,35)(H,30,36)(H,31,37)(H,32,38);3-4,19-20H,1-2,5-18H2,(H,27,35)(H,28,36)(H,29,37)(H,30,38)(H,31,32)(H,33,34);2*1H4. The highest BCUT2D eigenvalue weighted by Crippen LogP contribution is 2.07. The van der Waals surface area contributed by atoms with Crippen LogP contribution in [0.1, 0.15) is 118 Å². The lowest BCUT2D eigenvalue weighted by molar-refractivity contribution is -0.144. The van der Waals surface area contributed by atoms with Crippen LogP contribution in [-0.2, 0) is 66.5 Å². The number of aliphatic carboxylic acids is 2. The van der Waals surface area contributed by atoms with Crippen molar-refractivity contribution in [3.63, 3.8) is 0 Å². The summed E-state index contributed by atoms with van der Waals surface area (Å²) in [6.07, 6.45) is 6.44. The van der Waals surface area contributed by atoms with Gasteiger partial charge in [-0.3, -0.25) is 0 Å². The first kappa shape index (κ1) is 85.4. The molecule has 0 aliphatic rings. The molecule has 0 aliphatic heterocycles. The lowest BCUT2D eigenvalue weighted by Gasteiger charge is -2.16. The van der Waals surface area contributed by atoms with Gasteiger partial charge in [-0.1, -0.05) is 65.5 Å². The van der Waals surface area contributed by atoms with Crippen molar-refractivity contribution in [2.24, 2.45) is 0 Å². The maximum absolute atomic E-state index is 11.8. The fraction of sp³-hybridized carbons (Fsp3) is 0.643. The van der Waals surface area contributed by atoms with Gasteiger partial charge in [0.15, 0.2) is 0 Å². The summed E-state index contributed by atoms with van der Waals surface area (Å²) in [5.74, 6) is -3.59. The molecule has 0 aromatic heterocycles. The smallest absolute Gasteiger partial charge is 0.408 e. The van der Waals surface area contributed by atoms with Crippen molar-refractivity contribution in [3.05, 3.63) is 50.6 Å². The molecule has 0 radical (unpaired) electrons. The summed E-state index contributed by atoms with van der Waals surface area (Å²) in [7, 11) is 2.43. The number of carboxylic acids is 2. The Balaban J connectivity index is -0.000000785. The van der Waals surface area contributed by atoms with Gasteiger partial charge < -0.3 is 100 Å². The molecule has 4 atom stereocenters. The number of alkyl carbamates (subject to hydrolysis) is 8. The Morgan fingerprint density at radius 3 is 0.750 bits per heavy atom. The van der Waals surface area contributed by atoms with Gasteiger partial charge in [0.1, 0.15) is 50.6 Å². The highest BCUT2D eigenvalue weighted by Gasteiger charge is 2.24. The van der Waals surface area contributed by atoms with Gasteiger partial charge in [-0.05, 0) is 103 Å². The third-order valence-electron chi connectivity index (χ3n) is 10.8. The summed E-state index contributed by atoms with van der Waals surface area (Å²) in [4.78, 5) is 139. The van der Waals surface area contributed by atoms with E-state index in [9.17, 15) is 57.5 Å². The Hall–Kier alpha value is -9.00. The van der Waals surface area contributed by atoms with E-state index < -0.39 is 96.8 Å². The molecule has 8 amide bonds. The summed E-state index contributed by atoms with van der Waals surface area (Å²) in [5.41, 5.74) is 0. The molecule has 0 aromatic rings. The van der Waals surface area contributed by atoms with Gasteiger partial charge in [-0.2, -0.15) is 0 Å². The number of carbonyl (C=O) groups is 12. The van der Waals surface area contributed by atoms with Gasteiger partial charge >= 0.3 is 72.6 Å². The highest BCUT2D eigenvalue weighted by molar-refractivity contribution is 5.82. The number of unbranched alkanes of at least 4 members (excludes halogenated alkanes) is 6. The molecule has 32 nitrogen and oxygen atoms in total. The predicted molar refractivity (Wildman–Crippen MR) is 318 cm³/mol. The SMILES string of the molecule is C.C.C=CCOC(=O)NC(CCCCNC(=O)OCCCCOC(=O)NCCCCC(NC(=O)OCC=C)C(=O)O)C(=O)O.C=CCOC(=O)NC(CCCCNC(=O)OCCCCOC(=O)NCCCCC(NC(=O)OCC=C)C(=O)OC)C(=O)OC. The first-order valence-corrected chi connectivity index (χ1v) is 27.7. The van der Waals surface area contributed by atoms with E-state index in [0.29, 0.717) is 103 Å². The van der Waals surface area contributed by atoms with Gasteiger partial charge in [-0.25, -0.2) is 57.5 Å². The first-order valence-electron chi connectivity index (χ1n) is 27.7. The fourth-order valence-corrected chi connectivity index (χ4v) is 6.50. The molecule has 0 heterocycles. The van der Waals surface area contributed by atoms with Gasteiger partial charge in [0.25, 0.3) is 0 Å². The van der Waals surface area contributed by atoms with Crippen LogP contribution in [0.25, 0.3) is 0 Å². The molecule has 0 saturated carbocycles. The quantitative estimate of drug-likeness (QED) is 0.0144. The van der Waals surface area contributed by atoms with Gasteiger partial charge in [-0.15, -0.1) is 0 Å². The van der Waals surface area contributed by atoms with Crippen molar-refractivity contribution in [2.45, 2.75) is 142 Å². The molecule has 0 bridgehead atoms. The van der Waals surface area contributed by atoms with E-state index in [1.165, 1.54) is 38.5 Å². The summed E-state index contributed by atoms with van der Waals surface area (Å²) in [6, 6.07) is -3.97. The predicted octanol–water partition coefficient (Wildman–Crippen LogP) is 6.03. The second-order valence-corrected chi connectivity index (χ2v) is 17.7. The number of amides is 8. The van der Waals surface area contributed by atoms with Crippen molar-refractivity contribution in [1.29, 1.82) is 0 Å². The van der Waals surface area contributed by atoms with E-state index >= 15 is 0 Å². The molecular formula is C56H96N8O24. The van der Waals surface area contributed by atoms with Crippen LogP contribution in [0.15, 0.2) is 50.6 Å². The molecule has 32 heteroatoms. The van der Waals surface area contributed by atoms with Crippen molar-refractivity contribution < 1.29 is 115 Å². The number of carboxylic acid groups (broad SMARTS) is 2. The molecule has 0 fully saturated rings. The van der Waals surface area contributed by atoms with Crippen molar-refractivity contribution in [2.75, 3.05) is 93.3 Å². The molecule has 0 aliphatic carbocycles. The molecule has 88 heavy (non-hydrogen) atoms. The molecule has 0 saturated heterocycles. The molecule has 0 spiro atoms. The normalized spacial score (nSPS) is 11.2. The Kier molecular flexibility index (Phi) is 56.7. The summed E-state index contributed by atoms with van der Waals surface area (Å²) in [5, 5.41) is 37.9. The van der Waals surface area contributed by atoms with Gasteiger partial charge in [0.2, 0.25) is 0 Å². The number of nitrogens with one attached hydrogen (secondary N) is 8. The Bertz CT molecular complexity index is 1940. The largest absolute Gasteiger partial charge is 0.480 e. The third-order valence-corrected chi connectivity index (χ3v) is 10.8. The van der Waals surface area contributed by atoms with Gasteiger partial charge in [0, 0.05) is 26.2 Å². The zero-order chi connectivity index (χ0) is 64.6. The van der Waals surface area contributed by atoms with E-state index in [4.69, 9.17) is 48.1 Å². The van der Waals surface area contributed by atoms with E-state index in [1.54, 1.807) is 0 Å².